The van der Waals surface area contributed by atoms with Crippen molar-refractivity contribution in [2.24, 2.45) is 10.7 Å². The van der Waals surface area contributed by atoms with Crippen LogP contribution in [0.1, 0.15) is 11.1 Å². The third kappa shape index (κ3) is 2.81. The third-order valence-corrected chi connectivity index (χ3v) is 2.72. The van der Waals surface area contributed by atoms with E-state index in [2.05, 4.69) is 4.99 Å². The van der Waals surface area contributed by atoms with Gasteiger partial charge in [-0.1, -0.05) is 18.2 Å². The molecule has 0 fully saturated rings. The number of hydrogen-bond donors (Lipinski definition) is 1. The molecular formula is C12H13F3N2O. The van der Waals surface area contributed by atoms with Crippen molar-refractivity contribution in [2.45, 2.75) is 18.6 Å². The molecule has 0 bridgehead atoms. The van der Waals surface area contributed by atoms with E-state index >= 15 is 0 Å². The van der Waals surface area contributed by atoms with Crippen LogP contribution >= 0.6 is 0 Å². The van der Waals surface area contributed by atoms with Crippen molar-refractivity contribution in [3.63, 3.8) is 0 Å². The van der Waals surface area contributed by atoms with Crippen molar-refractivity contribution < 1.29 is 17.9 Å². The molecule has 0 aliphatic carbocycles. The van der Waals surface area contributed by atoms with Crippen LogP contribution < -0.4 is 5.73 Å². The Bertz CT molecular complexity index is 457. The summed E-state index contributed by atoms with van der Waals surface area (Å²) in [6.07, 6.45) is -4.13. The molecule has 2 rings (SSSR count). The summed E-state index contributed by atoms with van der Waals surface area (Å²) in [5.74, 6) is 0.407. The summed E-state index contributed by atoms with van der Waals surface area (Å²) in [7, 11) is 0. The number of rotatable bonds is 3. The standard InChI is InChI=1S/C12H13F3N2O/c13-12(14,15)10-4-2-1-3-8(10)5-9-7-18-11(6-16)17-9/h1-4,9H,5-7,16H2. The van der Waals surface area contributed by atoms with Gasteiger partial charge in [-0.15, -0.1) is 0 Å². The number of nitrogens with zero attached hydrogens (tertiary/aromatic N) is 1. The molecule has 1 atom stereocenters. The molecule has 0 saturated carbocycles. The molecule has 0 saturated heterocycles. The monoisotopic (exact) mass is 258 g/mol. The zero-order valence-electron chi connectivity index (χ0n) is 9.57. The van der Waals surface area contributed by atoms with E-state index < -0.39 is 11.7 Å². The maximum Gasteiger partial charge on any atom is 0.416 e. The Balaban J connectivity index is 2.18. The predicted molar refractivity (Wildman–Crippen MR) is 61.4 cm³/mol. The van der Waals surface area contributed by atoms with E-state index in [4.69, 9.17) is 10.5 Å². The quantitative estimate of drug-likeness (QED) is 0.901. The summed E-state index contributed by atoms with van der Waals surface area (Å²) in [6.45, 7) is 0.468. The van der Waals surface area contributed by atoms with Gasteiger partial charge in [0.15, 0.2) is 5.90 Å². The van der Waals surface area contributed by atoms with Crippen molar-refractivity contribution in [3.8, 4) is 0 Å². The second kappa shape index (κ2) is 4.97. The number of nitrogens with two attached hydrogens (primary N) is 1. The second-order valence-corrected chi connectivity index (χ2v) is 4.05. The van der Waals surface area contributed by atoms with Gasteiger partial charge in [-0.3, -0.25) is 0 Å². The molecular weight excluding hydrogens is 245 g/mol. The minimum Gasteiger partial charge on any atom is -0.478 e. The number of alkyl halides is 3. The van der Waals surface area contributed by atoms with Crippen LogP contribution in [-0.2, 0) is 17.3 Å². The van der Waals surface area contributed by atoms with Crippen LogP contribution in [-0.4, -0.2) is 25.1 Å². The number of ether oxygens (including phenoxy) is 1. The zero-order chi connectivity index (χ0) is 13.2. The van der Waals surface area contributed by atoms with Gasteiger partial charge in [0, 0.05) is 0 Å². The first-order valence-electron chi connectivity index (χ1n) is 5.55. The molecule has 0 amide bonds. The highest BCUT2D eigenvalue weighted by Crippen LogP contribution is 2.32. The third-order valence-electron chi connectivity index (χ3n) is 2.72. The molecule has 1 aliphatic heterocycles. The van der Waals surface area contributed by atoms with Crippen LogP contribution in [0.4, 0.5) is 13.2 Å². The predicted octanol–water partition coefficient (Wildman–Crippen LogP) is 2.00. The van der Waals surface area contributed by atoms with Gasteiger partial charge in [0.1, 0.15) is 6.61 Å². The van der Waals surface area contributed by atoms with Gasteiger partial charge in [0.05, 0.1) is 18.2 Å². The highest BCUT2D eigenvalue weighted by molar-refractivity contribution is 5.79. The summed E-state index contributed by atoms with van der Waals surface area (Å²) in [5, 5.41) is 0. The first-order chi connectivity index (χ1) is 8.50. The molecule has 2 N–H and O–H groups in total. The molecule has 1 aromatic rings. The number of halogens is 3. The second-order valence-electron chi connectivity index (χ2n) is 4.05. The van der Waals surface area contributed by atoms with Crippen LogP contribution in [0, 0.1) is 0 Å². The maximum absolute atomic E-state index is 12.8. The molecule has 0 radical (unpaired) electrons. The van der Waals surface area contributed by atoms with Crippen LogP contribution in [0.25, 0.3) is 0 Å². The normalized spacial score (nSPS) is 19.6. The van der Waals surface area contributed by atoms with E-state index in [9.17, 15) is 13.2 Å². The lowest BCUT2D eigenvalue weighted by molar-refractivity contribution is -0.138. The zero-order valence-corrected chi connectivity index (χ0v) is 9.57. The molecule has 1 heterocycles. The van der Waals surface area contributed by atoms with Crippen molar-refractivity contribution in [1.29, 1.82) is 0 Å². The number of benzene rings is 1. The topological polar surface area (TPSA) is 47.6 Å². The summed E-state index contributed by atoms with van der Waals surface area (Å²) in [5.41, 5.74) is 4.98. The summed E-state index contributed by atoms with van der Waals surface area (Å²) >= 11 is 0. The molecule has 1 unspecified atom stereocenters. The van der Waals surface area contributed by atoms with Gasteiger partial charge in [-0.05, 0) is 18.1 Å². The van der Waals surface area contributed by atoms with E-state index in [1.165, 1.54) is 12.1 Å². The van der Waals surface area contributed by atoms with Crippen molar-refractivity contribution in [1.82, 2.24) is 0 Å². The van der Waals surface area contributed by atoms with Crippen LogP contribution in [0.3, 0.4) is 0 Å². The fourth-order valence-electron chi connectivity index (χ4n) is 1.92. The Morgan fingerprint density at radius 2 is 2.06 bits per heavy atom. The SMILES string of the molecule is NCC1=NC(Cc2ccccc2C(F)(F)F)CO1. The van der Waals surface area contributed by atoms with E-state index in [0.717, 1.165) is 6.07 Å². The Morgan fingerprint density at radius 3 is 2.67 bits per heavy atom. The molecule has 0 spiro atoms. The van der Waals surface area contributed by atoms with Gasteiger partial charge in [-0.2, -0.15) is 13.2 Å². The lowest BCUT2D eigenvalue weighted by atomic mass is 10.0. The average Bonchev–Trinajstić information content (AvgIpc) is 2.76. The van der Waals surface area contributed by atoms with Crippen molar-refractivity contribution >= 4 is 5.90 Å². The Morgan fingerprint density at radius 1 is 1.33 bits per heavy atom. The summed E-state index contributed by atoms with van der Waals surface area (Å²) < 4.78 is 43.5. The molecule has 1 aliphatic rings. The average molecular weight is 258 g/mol. The fourth-order valence-corrected chi connectivity index (χ4v) is 1.92. The largest absolute Gasteiger partial charge is 0.478 e. The van der Waals surface area contributed by atoms with E-state index in [1.54, 1.807) is 6.07 Å². The minimum atomic E-state index is -4.34. The minimum absolute atomic E-state index is 0.178. The molecule has 18 heavy (non-hydrogen) atoms. The fraction of sp³-hybridized carbons (Fsp3) is 0.417. The van der Waals surface area contributed by atoms with Crippen LogP contribution in [0.15, 0.2) is 29.3 Å². The Labute approximate surface area is 102 Å². The molecule has 98 valence electrons. The Hall–Kier alpha value is -1.56. The van der Waals surface area contributed by atoms with Crippen LogP contribution in [0.5, 0.6) is 0 Å². The van der Waals surface area contributed by atoms with Crippen molar-refractivity contribution in [3.05, 3.63) is 35.4 Å². The Kier molecular flexibility index (Phi) is 3.56. The van der Waals surface area contributed by atoms with Gasteiger partial charge < -0.3 is 10.5 Å². The molecule has 0 aromatic heterocycles. The summed E-state index contributed by atoms with van der Waals surface area (Å²) in [6, 6.07) is 5.24. The molecule has 1 aromatic carbocycles. The number of hydrogen-bond acceptors (Lipinski definition) is 3. The van der Waals surface area contributed by atoms with Crippen LogP contribution in [0.2, 0.25) is 0 Å². The van der Waals surface area contributed by atoms with E-state index in [1.807, 2.05) is 0 Å². The van der Waals surface area contributed by atoms with E-state index in [-0.39, 0.29) is 24.6 Å². The van der Waals surface area contributed by atoms with Gasteiger partial charge in [-0.25, -0.2) is 4.99 Å². The highest BCUT2D eigenvalue weighted by atomic mass is 19.4. The van der Waals surface area contributed by atoms with Gasteiger partial charge in [0.2, 0.25) is 0 Å². The van der Waals surface area contributed by atoms with Crippen molar-refractivity contribution in [2.75, 3.05) is 13.2 Å². The molecule has 6 heteroatoms. The van der Waals surface area contributed by atoms with E-state index in [0.29, 0.717) is 12.5 Å². The lowest BCUT2D eigenvalue weighted by Crippen LogP contribution is -2.15. The van der Waals surface area contributed by atoms with Gasteiger partial charge in [0.25, 0.3) is 0 Å². The number of aliphatic imine (C=N–C) groups is 1. The maximum atomic E-state index is 12.8. The molecule has 3 nitrogen and oxygen atoms in total. The highest BCUT2D eigenvalue weighted by Gasteiger charge is 2.33. The summed E-state index contributed by atoms with van der Waals surface area (Å²) in [4.78, 5) is 4.13. The first kappa shape index (κ1) is 12.9. The first-order valence-corrected chi connectivity index (χ1v) is 5.55. The lowest BCUT2D eigenvalue weighted by Gasteiger charge is -2.13. The smallest absolute Gasteiger partial charge is 0.416 e. The van der Waals surface area contributed by atoms with Gasteiger partial charge >= 0.3 is 6.18 Å².